The van der Waals surface area contributed by atoms with Gasteiger partial charge in [0.2, 0.25) is 12.2 Å². The Bertz CT molecular complexity index is 1650. The summed E-state index contributed by atoms with van der Waals surface area (Å²) < 4.78 is 69.5. The van der Waals surface area contributed by atoms with Crippen molar-refractivity contribution < 1.29 is 106 Å². The first-order chi connectivity index (χ1) is 22.9. The van der Waals surface area contributed by atoms with Gasteiger partial charge in [0, 0.05) is 26.1 Å². The van der Waals surface area contributed by atoms with Crippen molar-refractivity contribution in [1.29, 1.82) is 0 Å². The lowest BCUT2D eigenvalue weighted by Crippen LogP contribution is -2.67. The lowest BCUT2D eigenvalue weighted by Gasteiger charge is -2.45. The average Bonchev–Trinajstić information content (AvgIpc) is 3.24. The summed E-state index contributed by atoms with van der Waals surface area (Å²) in [6.07, 6.45) is -14.7. The van der Waals surface area contributed by atoms with Gasteiger partial charge in [-0.05, 0) is 0 Å². The van der Waals surface area contributed by atoms with Crippen LogP contribution in [0.3, 0.4) is 0 Å². The molecule has 2 aliphatic rings. The van der Waals surface area contributed by atoms with E-state index in [9.17, 15) is 68.2 Å². The number of phosphoric ester groups is 2. The highest BCUT2D eigenvalue weighted by atomic mass is 31.3. The zero-order valence-corrected chi connectivity index (χ0v) is 27.9. The Hall–Kier alpha value is -2.33. The third-order valence-electron chi connectivity index (χ3n) is 6.57. The average molecular weight is 791 g/mol. The van der Waals surface area contributed by atoms with Crippen molar-refractivity contribution in [3.8, 4) is 0 Å². The fraction of sp³-hybridized carbons (Fsp3) is 0.700. The SMILES string of the molecule is CC(=O)N[C@H]1[C@H](OOP(=O)(O)OP(=O)(O)OC[C@H]2O[C@@H](n3ccc(=O)[nH]c3=O)[C@H](O)[C@@H]2O)O[C@H](CO)[C@@H](O)[C@@H]1O[C@](C)(OP(=O)(O)O)C(=O)O. The summed E-state index contributed by atoms with van der Waals surface area (Å²) in [5.74, 6) is -6.45. The monoisotopic (exact) mass is 791 g/mol. The van der Waals surface area contributed by atoms with Crippen LogP contribution in [-0.2, 0) is 60.4 Å². The summed E-state index contributed by atoms with van der Waals surface area (Å²) in [4.78, 5) is 91.8. The lowest BCUT2D eigenvalue weighted by atomic mass is 9.96. The molecule has 286 valence electrons. The van der Waals surface area contributed by atoms with Crippen LogP contribution < -0.4 is 16.6 Å². The number of carboxylic acids is 1. The number of ether oxygens (including phenoxy) is 3. The highest BCUT2D eigenvalue weighted by Crippen LogP contribution is 2.61. The van der Waals surface area contributed by atoms with E-state index in [-0.39, 0.29) is 0 Å². The third-order valence-corrected chi connectivity index (χ3v) is 9.56. The number of phosphoric acid groups is 3. The van der Waals surface area contributed by atoms with Gasteiger partial charge < -0.3 is 64.6 Å². The number of aliphatic hydroxyl groups excluding tert-OH is 4. The van der Waals surface area contributed by atoms with Gasteiger partial charge in [0.15, 0.2) is 6.23 Å². The van der Waals surface area contributed by atoms with Crippen molar-refractivity contribution >= 4 is 35.3 Å². The van der Waals surface area contributed by atoms with E-state index in [1.165, 1.54) is 0 Å². The molecular formula is C20H32N3O24P3. The molecule has 1 aromatic rings. The maximum absolute atomic E-state index is 12.5. The molecule has 0 saturated carbocycles. The number of aromatic nitrogens is 2. The lowest BCUT2D eigenvalue weighted by molar-refractivity contribution is -0.383. The van der Waals surface area contributed by atoms with Gasteiger partial charge in [-0.2, -0.15) is 9.20 Å². The molecule has 30 heteroatoms. The number of carbonyl (C=O) groups is 2. The highest BCUT2D eigenvalue weighted by molar-refractivity contribution is 7.61. The van der Waals surface area contributed by atoms with Gasteiger partial charge in [0.1, 0.15) is 42.7 Å². The van der Waals surface area contributed by atoms with Gasteiger partial charge in [-0.3, -0.25) is 23.7 Å². The second kappa shape index (κ2) is 16.1. The Morgan fingerprint density at radius 1 is 1.02 bits per heavy atom. The third kappa shape index (κ3) is 10.8. The molecule has 2 aliphatic heterocycles. The molecule has 1 amide bonds. The Morgan fingerprint density at radius 2 is 1.66 bits per heavy atom. The Kier molecular flexibility index (Phi) is 13.6. The van der Waals surface area contributed by atoms with Gasteiger partial charge in [-0.25, -0.2) is 27.8 Å². The van der Waals surface area contributed by atoms with Crippen LogP contribution in [0, 0.1) is 0 Å². The zero-order valence-electron chi connectivity index (χ0n) is 25.2. The first kappa shape index (κ1) is 42.1. The van der Waals surface area contributed by atoms with Crippen LogP contribution in [-0.4, -0.2) is 134 Å². The van der Waals surface area contributed by atoms with E-state index in [0.29, 0.717) is 11.5 Å². The van der Waals surface area contributed by atoms with Gasteiger partial charge >= 0.3 is 35.1 Å². The molecule has 3 rings (SSSR count). The molecule has 2 unspecified atom stereocenters. The Balaban J connectivity index is 1.73. The largest absolute Gasteiger partial charge is 0.508 e. The van der Waals surface area contributed by atoms with Crippen LogP contribution in [0.1, 0.15) is 20.1 Å². The molecule has 0 aromatic carbocycles. The minimum Gasteiger partial charge on any atom is -0.477 e. The van der Waals surface area contributed by atoms with E-state index < -0.39 is 121 Å². The number of amides is 1. The molecule has 0 radical (unpaired) electrons. The second-order valence-electron chi connectivity index (χ2n) is 10.4. The fourth-order valence-electron chi connectivity index (χ4n) is 4.43. The molecule has 2 saturated heterocycles. The Labute approximate surface area is 277 Å². The first-order valence-corrected chi connectivity index (χ1v) is 18.0. The van der Waals surface area contributed by atoms with E-state index in [0.717, 1.165) is 19.2 Å². The number of aliphatic carboxylic acids is 1. The van der Waals surface area contributed by atoms with Crippen LogP contribution in [0.2, 0.25) is 0 Å². The van der Waals surface area contributed by atoms with E-state index in [4.69, 9.17) is 24.0 Å². The van der Waals surface area contributed by atoms with Crippen molar-refractivity contribution in [2.24, 2.45) is 0 Å². The quantitative estimate of drug-likeness (QED) is 0.0324. The van der Waals surface area contributed by atoms with Crippen molar-refractivity contribution in [1.82, 2.24) is 14.9 Å². The number of carbonyl (C=O) groups excluding carboxylic acids is 1. The molecule has 1 aromatic heterocycles. The van der Waals surface area contributed by atoms with Gasteiger partial charge in [0.05, 0.1) is 13.2 Å². The van der Waals surface area contributed by atoms with Gasteiger partial charge in [0.25, 0.3) is 11.3 Å². The van der Waals surface area contributed by atoms with Crippen LogP contribution in [0.4, 0.5) is 0 Å². The Morgan fingerprint density at radius 3 is 2.20 bits per heavy atom. The molecule has 11 N–H and O–H groups in total. The number of nitrogens with one attached hydrogen (secondary N) is 2. The smallest absolute Gasteiger partial charge is 0.477 e. The topological polar surface area (TPSA) is 408 Å². The minimum absolute atomic E-state index is 0.483. The number of aliphatic hydroxyl groups is 4. The number of hydrogen-bond donors (Lipinski definition) is 11. The van der Waals surface area contributed by atoms with Crippen molar-refractivity contribution in [2.45, 2.75) is 74.8 Å². The fourth-order valence-corrected chi connectivity index (χ4v) is 6.88. The highest BCUT2D eigenvalue weighted by Gasteiger charge is 2.54. The number of hydrogen-bond acceptors (Lipinski definition) is 19. The number of aromatic amines is 1. The van der Waals surface area contributed by atoms with Crippen LogP contribution in [0.25, 0.3) is 0 Å². The van der Waals surface area contributed by atoms with Crippen LogP contribution in [0.15, 0.2) is 21.9 Å². The zero-order chi connectivity index (χ0) is 38.0. The minimum atomic E-state index is -5.92. The standard InChI is InChI=1S/C20H32N3O24P3/c1-7(25)21-11-15(43-20(2,18(30)31)45-48(33,34)35)13(28)8(5-24)42-17(11)44-46-50(38,39)47-49(36,37)40-6-9-12(27)14(29)16(41-9)23-4-3-10(26)22-19(23)32/h3-4,8-9,11-17,24,27-29H,5-6H2,1-2H3,(H,21,25)(H,30,31)(H,36,37)(H,38,39)(H,22,26,32)(H2,33,34,35)/t8-,9-,11-,12-,13-,14-,15-,16-,17+,20-/m1/s1. The van der Waals surface area contributed by atoms with E-state index in [2.05, 4.69) is 22.9 Å². The number of H-pyrrole nitrogens is 1. The molecule has 0 bridgehead atoms. The van der Waals surface area contributed by atoms with Crippen molar-refractivity contribution in [3.05, 3.63) is 33.1 Å². The van der Waals surface area contributed by atoms with Crippen molar-refractivity contribution in [2.75, 3.05) is 13.2 Å². The summed E-state index contributed by atoms with van der Waals surface area (Å²) in [6, 6.07) is -1.15. The summed E-state index contributed by atoms with van der Waals surface area (Å²) in [6.45, 7) is -0.944. The molecule has 2 fully saturated rings. The molecule has 0 aliphatic carbocycles. The second-order valence-corrected chi connectivity index (χ2v) is 14.5. The summed E-state index contributed by atoms with van der Waals surface area (Å²) in [5.41, 5.74) is -1.86. The van der Waals surface area contributed by atoms with Crippen LogP contribution in [0.5, 0.6) is 0 Å². The predicted molar refractivity (Wildman–Crippen MR) is 150 cm³/mol. The van der Waals surface area contributed by atoms with Gasteiger partial charge in [-0.15, -0.1) is 4.67 Å². The molecule has 0 spiro atoms. The number of rotatable bonds is 16. The summed E-state index contributed by atoms with van der Waals surface area (Å²) >= 11 is 0. The summed E-state index contributed by atoms with van der Waals surface area (Å²) in [7, 11) is -17.3. The van der Waals surface area contributed by atoms with Crippen molar-refractivity contribution in [3.63, 3.8) is 0 Å². The van der Waals surface area contributed by atoms with E-state index >= 15 is 0 Å². The van der Waals surface area contributed by atoms with E-state index in [1.807, 2.05) is 10.3 Å². The van der Waals surface area contributed by atoms with E-state index in [1.54, 1.807) is 0 Å². The number of carboxylic acid groups (broad SMARTS) is 1. The maximum atomic E-state index is 12.5. The molecule has 3 heterocycles. The van der Waals surface area contributed by atoms with Gasteiger partial charge in [-0.1, -0.05) is 0 Å². The van der Waals surface area contributed by atoms with Crippen LogP contribution >= 0.6 is 23.5 Å². The molecular weight excluding hydrogens is 759 g/mol. The molecule has 50 heavy (non-hydrogen) atoms. The number of nitrogens with zero attached hydrogens (tertiary/aromatic N) is 1. The first-order valence-electron chi connectivity index (χ1n) is 13.5. The molecule has 27 nitrogen and oxygen atoms in total. The predicted octanol–water partition coefficient (Wildman–Crippen LogP) is -4.78. The summed E-state index contributed by atoms with van der Waals surface area (Å²) in [5, 5.41) is 52.3. The molecule has 12 atom stereocenters. The maximum Gasteiger partial charge on any atom is 0.508 e. The normalized spacial score (nSPS) is 32.4.